The van der Waals surface area contributed by atoms with E-state index in [1.165, 1.54) is 0 Å². The van der Waals surface area contributed by atoms with E-state index in [9.17, 15) is 8.78 Å². The van der Waals surface area contributed by atoms with Gasteiger partial charge in [0.25, 0.3) is 0 Å². The molecule has 0 unspecified atom stereocenters. The third kappa shape index (κ3) is 2.86. The first-order valence-electron chi connectivity index (χ1n) is 8.75. The van der Waals surface area contributed by atoms with Gasteiger partial charge in [0.15, 0.2) is 22.7 Å². The Hall–Kier alpha value is -2.14. The fraction of sp³-hybridized carbons (Fsp3) is 0.400. The number of hydrogen-bond donors (Lipinski definition) is 0. The van der Waals surface area contributed by atoms with Crippen LogP contribution in [0.5, 0.6) is 5.75 Å². The van der Waals surface area contributed by atoms with E-state index in [1.807, 2.05) is 6.92 Å². The van der Waals surface area contributed by atoms with Crippen LogP contribution in [0.1, 0.15) is 38.2 Å². The topological polar surface area (TPSA) is 31.6 Å². The minimum absolute atomic E-state index is 0.0398. The number of ether oxygens (including phenoxy) is 2. The fourth-order valence-corrected chi connectivity index (χ4v) is 3.46. The average molecular weight is 346 g/mol. The van der Waals surface area contributed by atoms with Gasteiger partial charge in [-0.2, -0.15) is 4.39 Å². The molecule has 0 amide bonds. The van der Waals surface area contributed by atoms with Crippen LogP contribution < -0.4 is 4.74 Å². The Morgan fingerprint density at radius 3 is 2.40 bits per heavy atom. The van der Waals surface area contributed by atoms with Gasteiger partial charge < -0.3 is 13.9 Å². The van der Waals surface area contributed by atoms with Gasteiger partial charge in [0.1, 0.15) is 0 Å². The van der Waals surface area contributed by atoms with Gasteiger partial charge in [-0.3, -0.25) is 0 Å². The maximum Gasteiger partial charge on any atom is 0.208 e. The molecular formula is C20H20F2O3. The van der Waals surface area contributed by atoms with Crippen molar-refractivity contribution in [1.82, 2.24) is 0 Å². The Labute approximate surface area is 144 Å². The van der Waals surface area contributed by atoms with Crippen molar-refractivity contribution < 1.29 is 22.7 Å². The lowest BCUT2D eigenvalue weighted by Gasteiger charge is -2.13. The molecule has 25 heavy (non-hydrogen) atoms. The maximum absolute atomic E-state index is 14.8. The van der Waals surface area contributed by atoms with Crippen molar-refractivity contribution in [1.29, 1.82) is 0 Å². The minimum Gasteiger partial charge on any atom is -0.487 e. The summed E-state index contributed by atoms with van der Waals surface area (Å²) in [5.74, 6) is -0.889. The normalized spacial score (nSPS) is 15.5. The number of fused-ring (bicyclic) bond motifs is 3. The molecule has 3 aromatic rings. The van der Waals surface area contributed by atoms with Crippen molar-refractivity contribution in [3.8, 4) is 5.75 Å². The highest BCUT2D eigenvalue weighted by atomic mass is 19.1. The molecule has 0 N–H and O–H groups in total. The summed E-state index contributed by atoms with van der Waals surface area (Å²) in [5, 5.41) is 1.10. The number of halogens is 2. The third-order valence-electron chi connectivity index (χ3n) is 4.79. The van der Waals surface area contributed by atoms with Crippen LogP contribution in [-0.2, 0) is 11.3 Å². The molecule has 132 valence electrons. The van der Waals surface area contributed by atoms with Crippen molar-refractivity contribution in [2.45, 2.75) is 45.3 Å². The van der Waals surface area contributed by atoms with Gasteiger partial charge in [-0.25, -0.2) is 4.39 Å². The van der Waals surface area contributed by atoms with E-state index in [0.717, 1.165) is 25.7 Å². The van der Waals surface area contributed by atoms with Gasteiger partial charge in [0, 0.05) is 22.9 Å². The molecular weight excluding hydrogens is 326 g/mol. The fourth-order valence-electron chi connectivity index (χ4n) is 3.46. The van der Waals surface area contributed by atoms with Crippen molar-refractivity contribution in [2.75, 3.05) is 6.61 Å². The van der Waals surface area contributed by atoms with E-state index in [-0.39, 0.29) is 29.6 Å². The van der Waals surface area contributed by atoms with Crippen molar-refractivity contribution in [2.24, 2.45) is 0 Å². The highest BCUT2D eigenvalue weighted by molar-refractivity contribution is 6.05. The van der Waals surface area contributed by atoms with Crippen molar-refractivity contribution in [3.05, 3.63) is 41.5 Å². The number of hydrogen-bond acceptors (Lipinski definition) is 3. The van der Waals surface area contributed by atoms with Crippen molar-refractivity contribution >= 4 is 21.9 Å². The molecule has 0 aliphatic heterocycles. The van der Waals surface area contributed by atoms with E-state index in [1.54, 1.807) is 24.3 Å². The van der Waals surface area contributed by atoms with Gasteiger partial charge in [-0.1, -0.05) is 6.07 Å². The molecule has 1 fully saturated rings. The Kier molecular flexibility index (Phi) is 4.34. The first kappa shape index (κ1) is 16.3. The molecule has 2 aromatic carbocycles. The first-order valence-corrected chi connectivity index (χ1v) is 8.75. The molecule has 4 rings (SSSR count). The van der Waals surface area contributed by atoms with E-state index in [2.05, 4.69) is 0 Å². The Bertz CT molecular complexity index is 910. The molecule has 0 radical (unpaired) electrons. The molecule has 0 atom stereocenters. The maximum atomic E-state index is 14.8. The van der Waals surface area contributed by atoms with Crippen LogP contribution in [-0.4, -0.2) is 12.7 Å². The number of furan rings is 1. The lowest BCUT2D eigenvalue weighted by Crippen LogP contribution is -2.11. The van der Waals surface area contributed by atoms with Gasteiger partial charge in [0.2, 0.25) is 5.82 Å². The Morgan fingerprint density at radius 1 is 1.00 bits per heavy atom. The van der Waals surface area contributed by atoms with Crippen LogP contribution >= 0.6 is 0 Å². The minimum atomic E-state index is -0.564. The third-order valence-corrected chi connectivity index (χ3v) is 4.79. The van der Waals surface area contributed by atoms with E-state index in [4.69, 9.17) is 13.9 Å². The molecule has 0 saturated heterocycles. The molecule has 1 aliphatic carbocycles. The predicted octanol–water partition coefficient (Wildman–Crippen LogP) is 5.72. The summed E-state index contributed by atoms with van der Waals surface area (Å²) in [5.41, 5.74) is 0.498. The molecule has 1 saturated carbocycles. The van der Waals surface area contributed by atoms with Crippen LogP contribution in [0, 0.1) is 11.6 Å². The lowest BCUT2D eigenvalue weighted by molar-refractivity contribution is 0.131. The smallest absolute Gasteiger partial charge is 0.208 e. The molecule has 5 heteroatoms. The SMILES string of the molecule is CCOCc1ccc2c(oc3c(F)c(OC4CCCC4)ccc32)c1F. The van der Waals surface area contributed by atoms with Gasteiger partial charge in [-0.05, 0) is 50.8 Å². The zero-order valence-corrected chi connectivity index (χ0v) is 14.1. The summed E-state index contributed by atoms with van der Waals surface area (Å²) in [6.07, 6.45) is 4.13. The summed E-state index contributed by atoms with van der Waals surface area (Å²) >= 11 is 0. The largest absolute Gasteiger partial charge is 0.487 e. The molecule has 1 aromatic heterocycles. The zero-order chi connectivity index (χ0) is 17.4. The average Bonchev–Trinajstić information content (AvgIpc) is 3.25. The molecule has 1 aliphatic rings. The second kappa shape index (κ2) is 6.64. The quantitative estimate of drug-likeness (QED) is 0.592. The molecule has 0 spiro atoms. The Morgan fingerprint density at radius 2 is 1.68 bits per heavy atom. The van der Waals surface area contributed by atoms with Gasteiger partial charge in [0.05, 0.1) is 12.7 Å². The summed E-state index contributed by atoms with van der Waals surface area (Å²) in [7, 11) is 0. The first-order chi connectivity index (χ1) is 12.2. The lowest BCUT2D eigenvalue weighted by atomic mass is 10.1. The van der Waals surface area contributed by atoms with Crippen LogP contribution in [0.2, 0.25) is 0 Å². The van der Waals surface area contributed by atoms with Crippen LogP contribution in [0.3, 0.4) is 0 Å². The second-order valence-corrected chi connectivity index (χ2v) is 6.43. The highest BCUT2D eigenvalue weighted by Crippen LogP contribution is 2.37. The van der Waals surface area contributed by atoms with E-state index >= 15 is 0 Å². The summed E-state index contributed by atoms with van der Waals surface area (Å²) in [6, 6.07) is 6.74. The van der Waals surface area contributed by atoms with Gasteiger partial charge >= 0.3 is 0 Å². The molecule has 0 bridgehead atoms. The number of benzene rings is 2. The monoisotopic (exact) mass is 346 g/mol. The number of rotatable bonds is 5. The zero-order valence-electron chi connectivity index (χ0n) is 14.1. The summed E-state index contributed by atoms with van der Waals surface area (Å²) < 4.78 is 46.1. The highest BCUT2D eigenvalue weighted by Gasteiger charge is 2.22. The predicted molar refractivity (Wildman–Crippen MR) is 91.9 cm³/mol. The second-order valence-electron chi connectivity index (χ2n) is 6.43. The molecule has 3 nitrogen and oxygen atoms in total. The molecule has 1 heterocycles. The Balaban J connectivity index is 1.78. The van der Waals surface area contributed by atoms with Gasteiger partial charge in [-0.15, -0.1) is 0 Å². The van der Waals surface area contributed by atoms with Crippen LogP contribution in [0.4, 0.5) is 8.78 Å². The standard InChI is InChI=1S/C20H20F2O3/c1-2-23-11-12-7-8-14-15-9-10-16(24-13-5-3-4-6-13)18(22)20(15)25-19(14)17(12)21/h7-10,13H,2-6,11H2,1H3. The summed E-state index contributed by atoms with van der Waals surface area (Å²) in [4.78, 5) is 0. The van der Waals surface area contributed by atoms with E-state index < -0.39 is 11.6 Å². The van der Waals surface area contributed by atoms with Crippen LogP contribution in [0.25, 0.3) is 21.9 Å². The van der Waals surface area contributed by atoms with Crippen molar-refractivity contribution in [3.63, 3.8) is 0 Å². The van der Waals surface area contributed by atoms with Crippen LogP contribution in [0.15, 0.2) is 28.7 Å². The summed E-state index contributed by atoms with van der Waals surface area (Å²) in [6.45, 7) is 2.50. The van der Waals surface area contributed by atoms with E-state index in [0.29, 0.717) is 22.9 Å².